The van der Waals surface area contributed by atoms with E-state index in [0.717, 1.165) is 48.8 Å². The topological polar surface area (TPSA) is 73.3 Å². The molecule has 1 saturated heterocycles. The van der Waals surface area contributed by atoms with Gasteiger partial charge in [0.05, 0.1) is 19.3 Å². The van der Waals surface area contributed by atoms with Crippen LogP contribution in [-0.2, 0) is 27.2 Å². The van der Waals surface area contributed by atoms with Crippen LogP contribution in [0.2, 0.25) is 0 Å². The standard InChI is InChI=1S/C20H30FN3O4.HI/c1-2-22-20(23-6-3-8-27-18-5-9-25-13-18)24-7-4-15-10-17(21)11-16-12-26-14-28-19(15)16;/h10-11,18H,2-9,12-14H2,1H3,(H2,22,23,24);1H. The summed E-state index contributed by atoms with van der Waals surface area (Å²) in [5, 5.41) is 6.52. The average molecular weight is 523 g/mol. The van der Waals surface area contributed by atoms with Crippen LogP contribution in [0.25, 0.3) is 0 Å². The fourth-order valence-corrected chi connectivity index (χ4v) is 3.25. The quantitative estimate of drug-likeness (QED) is 0.225. The first-order valence-corrected chi connectivity index (χ1v) is 9.99. The van der Waals surface area contributed by atoms with Crippen LogP contribution >= 0.6 is 24.0 Å². The van der Waals surface area contributed by atoms with Gasteiger partial charge >= 0.3 is 0 Å². The fraction of sp³-hybridized carbons (Fsp3) is 0.650. The van der Waals surface area contributed by atoms with Crippen LogP contribution in [-0.4, -0.2) is 58.3 Å². The molecule has 1 aromatic carbocycles. The summed E-state index contributed by atoms with van der Waals surface area (Å²) in [4.78, 5) is 4.57. The number of fused-ring (bicyclic) bond motifs is 1. The van der Waals surface area contributed by atoms with Crippen LogP contribution in [0.1, 0.15) is 30.9 Å². The zero-order valence-electron chi connectivity index (χ0n) is 16.9. The molecule has 0 spiro atoms. The van der Waals surface area contributed by atoms with E-state index in [2.05, 4.69) is 15.6 Å². The van der Waals surface area contributed by atoms with Crippen molar-refractivity contribution in [2.45, 2.75) is 38.9 Å². The maximum atomic E-state index is 13.8. The molecule has 9 heteroatoms. The first-order valence-electron chi connectivity index (χ1n) is 9.99. The van der Waals surface area contributed by atoms with Crippen molar-refractivity contribution < 1.29 is 23.3 Å². The van der Waals surface area contributed by atoms with E-state index in [4.69, 9.17) is 18.9 Å². The van der Waals surface area contributed by atoms with Gasteiger partial charge in [-0.2, -0.15) is 0 Å². The molecule has 0 aliphatic carbocycles. The predicted octanol–water partition coefficient (Wildman–Crippen LogP) is 2.60. The Morgan fingerprint density at radius 3 is 3.00 bits per heavy atom. The molecule has 0 saturated carbocycles. The highest BCUT2D eigenvalue weighted by Crippen LogP contribution is 2.29. The first-order chi connectivity index (χ1) is 13.8. The van der Waals surface area contributed by atoms with E-state index in [1.54, 1.807) is 0 Å². The summed E-state index contributed by atoms with van der Waals surface area (Å²) in [5.74, 6) is 1.22. The molecule has 2 heterocycles. The molecule has 2 aliphatic heterocycles. The van der Waals surface area contributed by atoms with Gasteiger partial charge in [0.15, 0.2) is 12.8 Å². The number of nitrogens with one attached hydrogen (secondary N) is 2. The number of nitrogens with zero attached hydrogens (tertiary/aromatic N) is 1. The summed E-state index contributed by atoms with van der Waals surface area (Å²) in [5.41, 5.74) is 1.60. The Labute approximate surface area is 188 Å². The van der Waals surface area contributed by atoms with Gasteiger partial charge in [-0.05, 0) is 43.9 Å². The lowest BCUT2D eigenvalue weighted by molar-refractivity contribution is -0.0172. The first kappa shape index (κ1) is 24.1. The molecule has 1 fully saturated rings. The van der Waals surface area contributed by atoms with Crippen molar-refractivity contribution in [2.75, 3.05) is 46.2 Å². The minimum atomic E-state index is -0.268. The maximum Gasteiger partial charge on any atom is 0.191 e. The van der Waals surface area contributed by atoms with Gasteiger partial charge in [0.2, 0.25) is 0 Å². The minimum Gasteiger partial charge on any atom is -0.467 e. The molecule has 2 N–H and O–H groups in total. The molecule has 1 unspecified atom stereocenters. The Hall–Kier alpha value is -1.17. The Bertz CT molecular complexity index is 657. The SMILES string of the molecule is CCNC(=NCCCOC1CCOC1)NCCc1cc(F)cc2c1OCOC2.I. The van der Waals surface area contributed by atoms with Crippen molar-refractivity contribution in [1.82, 2.24) is 10.6 Å². The third kappa shape index (κ3) is 7.88. The van der Waals surface area contributed by atoms with E-state index in [1.165, 1.54) is 12.1 Å². The molecule has 1 aromatic rings. The van der Waals surface area contributed by atoms with E-state index in [0.29, 0.717) is 39.3 Å². The average Bonchev–Trinajstić information content (AvgIpc) is 3.21. The number of ether oxygens (including phenoxy) is 4. The van der Waals surface area contributed by atoms with Crippen molar-refractivity contribution in [2.24, 2.45) is 4.99 Å². The van der Waals surface area contributed by atoms with Crippen molar-refractivity contribution in [3.05, 3.63) is 29.1 Å². The third-order valence-electron chi connectivity index (χ3n) is 4.60. The highest BCUT2D eigenvalue weighted by atomic mass is 127. The molecule has 29 heavy (non-hydrogen) atoms. The smallest absolute Gasteiger partial charge is 0.191 e. The Morgan fingerprint density at radius 2 is 2.21 bits per heavy atom. The summed E-state index contributed by atoms with van der Waals surface area (Å²) in [7, 11) is 0. The van der Waals surface area contributed by atoms with E-state index < -0.39 is 0 Å². The van der Waals surface area contributed by atoms with E-state index in [9.17, 15) is 4.39 Å². The number of hydrogen-bond acceptors (Lipinski definition) is 5. The number of aliphatic imine (C=N–C) groups is 1. The molecule has 3 rings (SSSR count). The molecule has 2 aliphatic rings. The van der Waals surface area contributed by atoms with E-state index in [1.807, 2.05) is 6.92 Å². The summed E-state index contributed by atoms with van der Waals surface area (Å²) in [6.07, 6.45) is 2.71. The van der Waals surface area contributed by atoms with Crippen LogP contribution in [0.4, 0.5) is 4.39 Å². The summed E-state index contributed by atoms with van der Waals surface area (Å²) >= 11 is 0. The lowest BCUT2D eigenvalue weighted by Crippen LogP contribution is -2.38. The zero-order chi connectivity index (χ0) is 19.6. The van der Waals surface area contributed by atoms with Crippen LogP contribution in [0.5, 0.6) is 5.75 Å². The maximum absolute atomic E-state index is 13.8. The van der Waals surface area contributed by atoms with Crippen LogP contribution < -0.4 is 15.4 Å². The molecule has 7 nitrogen and oxygen atoms in total. The summed E-state index contributed by atoms with van der Waals surface area (Å²) in [6, 6.07) is 3.00. The van der Waals surface area contributed by atoms with Gasteiger partial charge in [-0.15, -0.1) is 24.0 Å². The van der Waals surface area contributed by atoms with Gasteiger partial charge < -0.3 is 29.6 Å². The molecular weight excluding hydrogens is 492 g/mol. The molecule has 0 radical (unpaired) electrons. The highest BCUT2D eigenvalue weighted by Gasteiger charge is 2.17. The van der Waals surface area contributed by atoms with Gasteiger partial charge in [-0.1, -0.05) is 0 Å². The van der Waals surface area contributed by atoms with Crippen LogP contribution in [0.15, 0.2) is 17.1 Å². The zero-order valence-corrected chi connectivity index (χ0v) is 19.2. The van der Waals surface area contributed by atoms with Crippen LogP contribution in [0, 0.1) is 5.82 Å². The number of benzene rings is 1. The molecule has 0 amide bonds. The Balaban J connectivity index is 0.00000300. The highest BCUT2D eigenvalue weighted by molar-refractivity contribution is 14.0. The minimum absolute atomic E-state index is 0. The van der Waals surface area contributed by atoms with E-state index in [-0.39, 0.29) is 42.7 Å². The largest absolute Gasteiger partial charge is 0.467 e. The number of rotatable bonds is 9. The fourth-order valence-electron chi connectivity index (χ4n) is 3.25. The third-order valence-corrected chi connectivity index (χ3v) is 4.60. The molecular formula is C20H31FIN3O4. The number of halogens is 2. The normalized spacial score (nSPS) is 18.6. The second-order valence-corrected chi connectivity index (χ2v) is 6.81. The van der Waals surface area contributed by atoms with Crippen LogP contribution in [0.3, 0.4) is 0 Å². The molecule has 0 bridgehead atoms. The number of hydrogen-bond donors (Lipinski definition) is 2. The molecule has 0 aromatic heterocycles. The summed E-state index contributed by atoms with van der Waals surface area (Å²) in [6.45, 7) is 6.88. The molecule has 164 valence electrons. The van der Waals surface area contributed by atoms with Crippen molar-refractivity contribution in [3.63, 3.8) is 0 Å². The number of guanidine groups is 1. The van der Waals surface area contributed by atoms with E-state index >= 15 is 0 Å². The second-order valence-electron chi connectivity index (χ2n) is 6.81. The van der Waals surface area contributed by atoms with Gasteiger partial charge in [0, 0.05) is 38.4 Å². The lowest BCUT2D eigenvalue weighted by Gasteiger charge is -2.21. The Kier molecular flexibility index (Phi) is 11.0. The predicted molar refractivity (Wildman–Crippen MR) is 120 cm³/mol. The Morgan fingerprint density at radius 1 is 1.31 bits per heavy atom. The van der Waals surface area contributed by atoms with Crippen molar-refractivity contribution in [1.29, 1.82) is 0 Å². The van der Waals surface area contributed by atoms with Gasteiger partial charge in [-0.25, -0.2) is 4.39 Å². The van der Waals surface area contributed by atoms with Gasteiger partial charge in [-0.3, -0.25) is 4.99 Å². The lowest BCUT2D eigenvalue weighted by atomic mass is 10.1. The van der Waals surface area contributed by atoms with Gasteiger partial charge in [0.1, 0.15) is 11.6 Å². The molecule has 1 atom stereocenters. The monoisotopic (exact) mass is 523 g/mol. The van der Waals surface area contributed by atoms with Crippen molar-refractivity contribution in [3.8, 4) is 5.75 Å². The summed E-state index contributed by atoms with van der Waals surface area (Å²) < 4.78 is 35.7. The second kappa shape index (κ2) is 13.2. The van der Waals surface area contributed by atoms with Crippen molar-refractivity contribution >= 4 is 29.9 Å². The van der Waals surface area contributed by atoms with Gasteiger partial charge in [0.25, 0.3) is 0 Å².